The second-order valence-corrected chi connectivity index (χ2v) is 7.34. The van der Waals surface area contributed by atoms with Crippen molar-refractivity contribution in [3.8, 4) is 0 Å². The molecule has 0 aliphatic carbocycles. The molecule has 1 unspecified atom stereocenters. The molecule has 0 spiro atoms. The lowest BCUT2D eigenvalue weighted by Gasteiger charge is -2.19. The van der Waals surface area contributed by atoms with Gasteiger partial charge in [0.05, 0.1) is 31.1 Å². The molecule has 1 aliphatic heterocycles. The van der Waals surface area contributed by atoms with E-state index in [0.717, 1.165) is 30.0 Å². The average molecular weight is 366 g/mol. The second-order valence-electron chi connectivity index (χ2n) is 5.79. The molecule has 1 amide bonds. The maximum atomic E-state index is 12.5. The van der Waals surface area contributed by atoms with Crippen LogP contribution in [-0.4, -0.2) is 32.6 Å². The smallest absolute Gasteiger partial charge is 0.341 e. The van der Waals surface area contributed by atoms with E-state index in [1.165, 1.54) is 23.3 Å². The van der Waals surface area contributed by atoms with Crippen molar-refractivity contribution in [1.82, 2.24) is 0 Å². The van der Waals surface area contributed by atoms with Gasteiger partial charge in [-0.05, 0) is 29.8 Å². The molecule has 0 radical (unpaired) electrons. The highest BCUT2D eigenvalue weighted by Crippen LogP contribution is 2.35. The molecule has 7 heteroatoms. The average Bonchev–Trinajstić information content (AvgIpc) is 2.91. The van der Waals surface area contributed by atoms with E-state index < -0.39 is 5.97 Å². The monoisotopic (exact) mass is 365 g/mol. The number of esters is 1. The number of quaternary nitrogens is 1. The number of hydrogen-bond donors (Lipinski definition) is 2. The number of benzene rings is 1. The number of methoxy groups -OCH3 is 1. The van der Waals surface area contributed by atoms with Gasteiger partial charge in [-0.25, -0.2) is 4.79 Å². The Morgan fingerprint density at radius 1 is 1.29 bits per heavy atom. The minimum Gasteiger partial charge on any atom is -0.465 e. The van der Waals surface area contributed by atoms with Crippen LogP contribution in [-0.2, 0) is 17.7 Å². The minimum absolute atomic E-state index is 0.267. The summed E-state index contributed by atoms with van der Waals surface area (Å²) in [5.41, 5.74) is 1.99. The Hall–Kier alpha value is -1.89. The standard InChI is InChI=1S/C17H17ClN2O3S/c1-20-8-7-12-13(9-20)24-16(14(12)17(22)23-2)19-15(21)10-3-5-11(18)6-4-10/h3-6H,7-9H2,1-2H3,(H,19,21)/p+1. The number of amides is 1. The van der Waals surface area contributed by atoms with Gasteiger partial charge in [0.15, 0.2) is 0 Å². The van der Waals surface area contributed by atoms with Crippen molar-refractivity contribution in [3.63, 3.8) is 0 Å². The Balaban J connectivity index is 1.93. The number of halogens is 1. The molecule has 1 aromatic heterocycles. The van der Waals surface area contributed by atoms with Gasteiger partial charge in [0, 0.05) is 17.0 Å². The molecule has 3 rings (SSSR count). The van der Waals surface area contributed by atoms with Crippen LogP contribution in [0, 0.1) is 0 Å². The summed E-state index contributed by atoms with van der Waals surface area (Å²) in [5, 5.41) is 3.99. The predicted molar refractivity (Wildman–Crippen MR) is 94.2 cm³/mol. The quantitative estimate of drug-likeness (QED) is 0.818. The molecular weight excluding hydrogens is 348 g/mol. The Morgan fingerprint density at radius 2 is 2.00 bits per heavy atom. The zero-order valence-electron chi connectivity index (χ0n) is 13.4. The number of nitrogens with one attached hydrogen (secondary N) is 2. The van der Waals surface area contributed by atoms with E-state index in [-0.39, 0.29) is 5.91 Å². The van der Waals surface area contributed by atoms with Gasteiger partial charge in [-0.15, -0.1) is 11.3 Å². The third kappa shape index (κ3) is 3.31. The van der Waals surface area contributed by atoms with Crippen LogP contribution in [0.5, 0.6) is 0 Å². The minimum atomic E-state index is -0.404. The van der Waals surface area contributed by atoms with Gasteiger partial charge in [0.25, 0.3) is 5.91 Å². The van der Waals surface area contributed by atoms with Gasteiger partial charge < -0.3 is 15.0 Å². The first-order chi connectivity index (χ1) is 11.5. The highest BCUT2D eigenvalue weighted by molar-refractivity contribution is 7.17. The van der Waals surface area contributed by atoms with E-state index in [1.54, 1.807) is 24.3 Å². The van der Waals surface area contributed by atoms with E-state index in [4.69, 9.17) is 16.3 Å². The Labute approximate surface area is 149 Å². The first-order valence-electron chi connectivity index (χ1n) is 7.60. The maximum Gasteiger partial charge on any atom is 0.341 e. The van der Waals surface area contributed by atoms with Crippen LogP contribution in [0.2, 0.25) is 5.02 Å². The van der Waals surface area contributed by atoms with Crippen LogP contribution < -0.4 is 10.2 Å². The summed E-state index contributed by atoms with van der Waals surface area (Å²) < 4.78 is 4.92. The number of thiophene rings is 1. The fourth-order valence-electron chi connectivity index (χ4n) is 2.80. The number of fused-ring (bicyclic) bond motifs is 1. The first-order valence-corrected chi connectivity index (χ1v) is 8.80. The van der Waals surface area contributed by atoms with Gasteiger partial charge in [0.2, 0.25) is 0 Å². The van der Waals surface area contributed by atoms with Crippen LogP contribution in [0.1, 0.15) is 31.2 Å². The lowest BCUT2D eigenvalue weighted by atomic mass is 10.0. The van der Waals surface area contributed by atoms with E-state index in [2.05, 4.69) is 12.4 Å². The number of carbonyl (C=O) groups excluding carboxylic acids is 2. The molecule has 24 heavy (non-hydrogen) atoms. The molecule has 2 aromatic rings. The molecule has 2 N–H and O–H groups in total. The van der Waals surface area contributed by atoms with E-state index in [1.807, 2.05) is 0 Å². The molecule has 0 fully saturated rings. The lowest BCUT2D eigenvalue weighted by Crippen LogP contribution is -3.08. The molecular formula is C17H18ClN2O3S+. The number of ether oxygens (including phenoxy) is 1. The summed E-state index contributed by atoms with van der Waals surface area (Å²) in [7, 11) is 3.48. The Morgan fingerprint density at radius 3 is 2.67 bits per heavy atom. The van der Waals surface area contributed by atoms with Crippen molar-refractivity contribution >= 4 is 39.8 Å². The van der Waals surface area contributed by atoms with Crippen molar-refractivity contribution in [3.05, 3.63) is 50.9 Å². The molecule has 0 saturated heterocycles. The number of anilines is 1. The highest BCUT2D eigenvalue weighted by atomic mass is 35.5. The molecule has 1 atom stereocenters. The topological polar surface area (TPSA) is 59.8 Å². The van der Waals surface area contributed by atoms with E-state index >= 15 is 0 Å². The normalized spacial score (nSPS) is 16.4. The summed E-state index contributed by atoms with van der Waals surface area (Å²) in [6.07, 6.45) is 0.804. The highest BCUT2D eigenvalue weighted by Gasteiger charge is 2.30. The molecule has 0 bridgehead atoms. The summed E-state index contributed by atoms with van der Waals surface area (Å²) in [5.74, 6) is -0.672. The molecule has 0 saturated carbocycles. The number of likely N-dealkylation sites (N-methyl/N-ethyl adjacent to an activating group) is 1. The van der Waals surface area contributed by atoms with Crippen LogP contribution in [0.3, 0.4) is 0 Å². The summed E-state index contributed by atoms with van der Waals surface area (Å²) in [6.45, 7) is 1.80. The summed E-state index contributed by atoms with van der Waals surface area (Å²) in [4.78, 5) is 27.2. The largest absolute Gasteiger partial charge is 0.465 e. The fraction of sp³-hybridized carbons (Fsp3) is 0.294. The fourth-order valence-corrected chi connectivity index (χ4v) is 4.27. The second kappa shape index (κ2) is 6.93. The SMILES string of the molecule is COC(=O)c1c(NC(=O)c2ccc(Cl)cc2)sc2c1CC[NH+](C)C2. The number of hydrogen-bond acceptors (Lipinski definition) is 4. The molecule has 2 heterocycles. The van der Waals surface area contributed by atoms with Crippen molar-refractivity contribution in [1.29, 1.82) is 0 Å². The molecule has 1 aliphatic rings. The zero-order valence-corrected chi connectivity index (χ0v) is 15.0. The lowest BCUT2D eigenvalue weighted by molar-refractivity contribution is -0.895. The first kappa shape index (κ1) is 17.0. The Bertz CT molecular complexity index is 786. The molecule has 1 aromatic carbocycles. The number of rotatable bonds is 3. The van der Waals surface area contributed by atoms with Gasteiger partial charge >= 0.3 is 5.97 Å². The summed E-state index contributed by atoms with van der Waals surface area (Å²) >= 11 is 7.31. The van der Waals surface area contributed by atoms with E-state index in [9.17, 15) is 9.59 Å². The predicted octanol–water partition coefficient (Wildman–Crippen LogP) is 2.01. The van der Waals surface area contributed by atoms with Gasteiger partial charge in [0.1, 0.15) is 11.5 Å². The van der Waals surface area contributed by atoms with Crippen molar-refractivity contribution in [2.45, 2.75) is 13.0 Å². The summed E-state index contributed by atoms with van der Waals surface area (Å²) in [6, 6.07) is 6.63. The molecule has 5 nitrogen and oxygen atoms in total. The third-order valence-corrected chi connectivity index (χ3v) is 5.48. The molecule has 126 valence electrons. The van der Waals surface area contributed by atoms with Crippen molar-refractivity contribution in [2.24, 2.45) is 0 Å². The zero-order chi connectivity index (χ0) is 17.3. The van der Waals surface area contributed by atoms with Gasteiger partial charge in [-0.2, -0.15) is 0 Å². The van der Waals surface area contributed by atoms with Gasteiger partial charge in [-0.3, -0.25) is 4.79 Å². The maximum absolute atomic E-state index is 12.5. The Kier molecular flexibility index (Phi) is 4.89. The van der Waals surface area contributed by atoms with Crippen LogP contribution in [0.15, 0.2) is 24.3 Å². The van der Waals surface area contributed by atoms with Crippen molar-refractivity contribution < 1.29 is 19.2 Å². The van der Waals surface area contributed by atoms with Gasteiger partial charge in [-0.1, -0.05) is 11.6 Å². The van der Waals surface area contributed by atoms with Crippen LogP contribution in [0.25, 0.3) is 0 Å². The van der Waals surface area contributed by atoms with E-state index in [0.29, 0.717) is 21.2 Å². The van der Waals surface area contributed by atoms with Crippen LogP contribution in [0.4, 0.5) is 5.00 Å². The van der Waals surface area contributed by atoms with Crippen molar-refractivity contribution in [2.75, 3.05) is 26.0 Å². The number of carbonyl (C=O) groups is 2. The third-order valence-electron chi connectivity index (χ3n) is 4.08. The van der Waals surface area contributed by atoms with Crippen LogP contribution >= 0.6 is 22.9 Å².